The maximum absolute atomic E-state index is 13.6. The molecule has 1 atom stereocenters. The van der Waals surface area contributed by atoms with Gasteiger partial charge in [-0.05, 0) is 42.8 Å². The van der Waals surface area contributed by atoms with Crippen LogP contribution in [-0.4, -0.2) is 62.9 Å². The zero-order valence-electron chi connectivity index (χ0n) is 20.2. The normalized spacial score (nSPS) is 20.6. The van der Waals surface area contributed by atoms with Crippen molar-refractivity contribution in [2.45, 2.75) is 17.7 Å². The highest BCUT2D eigenvalue weighted by atomic mass is 32.2. The molecule has 3 aromatic rings. The first-order valence-corrected chi connectivity index (χ1v) is 13.5. The fraction of sp³-hybridized carbons (Fsp3) is 0.286. The van der Waals surface area contributed by atoms with Crippen LogP contribution in [0.1, 0.15) is 22.7 Å². The Morgan fingerprint density at radius 1 is 0.944 bits per heavy atom. The van der Waals surface area contributed by atoms with E-state index in [0.717, 1.165) is 30.0 Å². The molecule has 2 aromatic carbocycles. The number of carbonyl (C=O) groups is 1. The molecule has 5 rings (SSSR count). The van der Waals surface area contributed by atoms with E-state index in [1.165, 1.54) is 4.31 Å². The van der Waals surface area contributed by atoms with Gasteiger partial charge in [-0.2, -0.15) is 4.31 Å². The molecule has 8 heteroatoms. The van der Waals surface area contributed by atoms with Crippen molar-refractivity contribution in [3.63, 3.8) is 0 Å². The standard InChI is InChI=1S/C28H29N3O4S/c1-21-10-12-25(13-11-21)36(33,34)31-19-23(28(32)26(20-31)22-6-3-2-4-7-22)18-24-8-5-9-27(29-24)30-14-16-35-17-15-30/h2-13,18,26H,14-17,19-20H2,1H3/b23-18-. The van der Waals surface area contributed by atoms with Gasteiger partial charge < -0.3 is 9.64 Å². The van der Waals surface area contributed by atoms with Crippen LogP contribution in [0.2, 0.25) is 0 Å². The number of rotatable bonds is 5. The summed E-state index contributed by atoms with van der Waals surface area (Å²) in [6, 6.07) is 21.9. The summed E-state index contributed by atoms with van der Waals surface area (Å²) in [6.45, 7) is 4.82. The first-order chi connectivity index (χ1) is 17.4. The molecule has 1 aromatic heterocycles. The smallest absolute Gasteiger partial charge is 0.243 e. The highest BCUT2D eigenvalue weighted by Crippen LogP contribution is 2.31. The van der Waals surface area contributed by atoms with Crippen molar-refractivity contribution in [1.82, 2.24) is 9.29 Å². The maximum atomic E-state index is 13.6. The molecule has 2 aliphatic rings. The summed E-state index contributed by atoms with van der Waals surface area (Å²) in [6.07, 6.45) is 1.74. The number of aromatic nitrogens is 1. The molecular weight excluding hydrogens is 474 g/mol. The van der Waals surface area contributed by atoms with E-state index in [9.17, 15) is 13.2 Å². The molecule has 2 fully saturated rings. The van der Waals surface area contributed by atoms with Crippen molar-refractivity contribution in [2.75, 3.05) is 44.3 Å². The number of sulfonamides is 1. The topological polar surface area (TPSA) is 79.8 Å². The van der Waals surface area contributed by atoms with Gasteiger partial charge in [0.1, 0.15) is 5.82 Å². The van der Waals surface area contributed by atoms with Crippen LogP contribution in [0.15, 0.2) is 83.3 Å². The summed E-state index contributed by atoms with van der Waals surface area (Å²) in [7, 11) is -3.80. The van der Waals surface area contributed by atoms with Crippen LogP contribution >= 0.6 is 0 Å². The van der Waals surface area contributed by atoms with Crippen LogP contribution in [0.4, 0.5) is 5.82 Å². The van der Waals surface area contributed by atoms with E-state index in [1.807, 2.05) is 55.5 Å². The van der Waals surface area contributed by atoms with E-state index in [4.69, 9.17) is 9.72 Å². The zero-order chi connectivity index (χ0) is 25.1. The van der Waals surface area contributed by atoms with Gasteiger partial charge in [0.15, 0.2) is 5.78 Å². The molecule has 36 heavy (non-hydrogen) atoms. The third kappa shape index (κ3) is 5.11. The minimum absolute atomic E-state index is 0.00182. The summed E-state index contributed by atoms with van der Waals surface area (Å²) in [5.74, 6) is 0.156. The molecular formula is C28H29N3O4S. The Morgan fingerprint density at radius 2 is 1.67 bits per heavy atom. The lowest BCUT2D eigenvalue weighted by atomic mass is 9.87. The van der Waals surface area contributed by atoms with E-state index in [-0.39, 0.29) is 23.8 Å². The van der Waals surface area contributed by atoms with Crippen LogP contribution in [0.5, 0.6) is 0 Å². The predicted octanol–water partition coefficient (Wildman–Crippen LogP) is 3.67. The molecule has 2 saturated heterocycles. The monoisotopic (exact) mass is 503 g/mol. The number of benzene rings is 2. The van der Waals surface area contributed by atoms with Crippen molar-refractivity contribution >= 4 is 27.7 Å². The minimum Gasteiger partial charge on any atom is -0.378 e. The number of Topliss-reactive ketones (excluding diaryl/α,β-unsaturated/α-hetero) is 1. The molecule has 0 amide bonds. The Labute approximate surface area is 212 Å². The lowest BCUT2D eigenvalue weighted by Gasteiger charge is -2.33. The molecule has 7 nitrogen and oxygen atoms in total. The van der Waals surface area contributed by atoms with Gasteiger partial charge in [0.25, 0.3) is 0 Å². The lowest BCUT2D eigenvalue weighted by Crippen LogP contribution is -2.44. The molecule has 186 valence electrons. The first-order valence-electron chi connectivity index (χ1n) is 12.1. The van der Waals surface area contributed by atoms with Crippen molar-refractivity contribution < 1.29 is 17.9 Å². The Kier molecular flexibility index (Phi) is 7.00. The number of carbonyl (C=O) groups excluding carboxylic acids is 1. The van der Waals surface area contributed by atoms with Crippen LogP contribution < -0.4 is 4.90 Å². The molecule has 0 N–H and O–H groups in total. The number of nitrogens with zero attached hydrogens (tertiary/aromatic N) is 3. The highest BCUT2D eigenvalue weighted by molar-refractivity contribution is 7.89. The lowest BCUT2D eigenvalue weighted by molar-refractivity contribution is -0.118. The second-order valence-electron chi connectivity index (χ2n) is 9.13. The van der Waals surface area contributed by atoms with Gasteiger partial charge in [0.2, 0.25) is 10.0 Å². The number of pyridine rings is 1. The van der Waals surface area contributed by atoms with Gasteiger partial charge in [-0.3, -0.25) is 4.79 Å². The second-order valence-corrected chi connectivity index (χ2v) is 11.1. The Balaban J connectivity index is 1.51. The van der Waals surface area contributed by atoms with E-state index < -0.39 is 15.9 Å². The largest absolute Gasteiger partial charge is 0.378 e. The number of morpholine rings is 1. The third-order valence-corrected chi connectivity index (χ3v) is 8.47. The van der Waals surface area contributed by atoms with Crippen LogP contribution in [0, 0.1) is 6.92 Å². The molecule has 2 aliphatic heterocycles. The molecule has 0 bridgehead atoms. The number of ketones is 1. The van der Waals surface area contributed by atoms with Gasteiger partial charge in [-0.25, -0.2) is 13.4 Å². The van der Waals surface area contributed by atoms with Crippen molar-refractivity contribution in [3.05, 3.63) is 95.2 Å². The molecule has 3 heterocycles. The van der Waals surface area contributed by atoms with Crippen molar-refractivity contribution in [3.8, 4) is 0 Å². The van der Waals surface area contributed by atoms with Gasteiger partial charge in [0, 0.05) is 31.8 Å². The number of ether oxygens (including phenoxy) is 1. The van der Waals surface area contributed by atoms with Gasteiger partial charge in [-0.1, -0.05) is 54.1 Å². The van der Waals surface area contributed by atoms with Crippen molar-refractivity contribution in [1.29, 1.82) is 0 Å². The maximum Gasteiger partial charge on any atom is 0.243 e. The molecule has 0 saturated carbocycles. The number of piperidine rings is 1. The number of aryl methyl sites for hydroxylation is 1. The number of hydrogen-bond acceptors (Lipinski definition) is 6. The molecule has 0 aliphatic carbocycles. The van der Waals surface area contributed by atoms with E-state index >= 15 is 0 Å². The highest BCUT2D eigenvalue weighted by Gasteiger charge is 2.38. The number of hydrogen-bond donors (Lipinski definition) is 0. The fourth-order valence-corrected chi connectivity index (χ4v) is 6.04. The Hall–Kier alpha value is -3.33. The SMILES string of the molecule is Cc1ccc(S(=O)(=O)N2C/C(=C/c3cccc(N4CCOCC4)n3)C(=O)C(c3ccccc3)C2)cc1. The van der Waals surface area contributed by atoms with Crippen LogP contribution in [0.25, 0.3) is 6.08 Å². The quantitative estimate of drug-likeness (QED) is 0.495. The van der Waals surface area contributed by atoms with E-state index in [1.54, 1.807) is 30.3 Å². The van der Waals surface area contributed by atoms with Crippen LogP contribution in [0.3, 0.4) is 0 Å². The summed E-state index contributed by atoms with van der Waals surface area (Å²) in [4.78, 5) is 20.7. The summed E-state index contributed by atoms with van der Waals surface area (Å²) in [5, 5.41) is 0. The molecule has 0 spiro atoms. The number of anilines is 1. The molecule has 0 radical (unpaired) electrons. The first kappa shape index (κ1) is 24.4. The Morgan fingerprint density at radius 3 is 2.39 bits per heavy atom. The average Bonchev–Trinajstić information content (AvgIpc) is 2.91. The fourth-order valence-electron chi connectivity index (χ4n) is 4.61. The van der Waals surface area contributed by atoms with Crippen LogP contribution in [-0.2, 0) is 19.6 Å². The zero-order valence-corrected chi connectivity index (χ0v) is 21.0. The second kappa shape index (κ2) is 10.3. The van der Waals surface area contributed by atoms with E-state index in [0.29, 0.717) is 24.5 Å². The summed E-state index contributed by atoms with van der Waals surface area (Å²) >= 11 is 0. The summed E-state index contributed by atoms with van der Waals surface area (Å²) < 4.78 is 34.0. The predicted molar refractivity (Wildman–Crippen MR) is 139 cm³/mol. The third-order valence-electron chi connectivity index (χ3n) is 6.64. The van der Waals surface area contributed by atoms with E-state index in [2.05, 4.69) is 4.90 Å². The van der Waals surface area contributed by atoms with Gasteiger partial charge in [0.05, 0.1) is 29.7 Å². The van der Waals surface area contributed by atoms with Gasteiger partial charge in [-0.15, -0.1) is 0 Å². The van der Waals surface area contributed by atoms with Crippen molar-refractivity contribution in [2.24, 2.45) is 0 Å². The minimum atomic E-state index is -3.80. The summed E-state index contributed by atoms with van der Waals surface area (Å²) in [5.41, 5.74) is 2.84. The van der Waals surface area contributed by atoms with Gasteiger partial charge >= 0.3 is 0 Å². The molecule has 1 unspecified atom stereocenters. The Bertz CT molecular complexity index is 1370. The average molecular weight is 504 g/mol.